The zero-order valence-corrected chi connectivity index (χ0v) is 18.8. The second kappa shape index (κ2) is 8.73. The Morgan fingerprint density at radius 2 is 1.65 bits per heavy atom. The Kier molecular flexibility index (Phi) is 5.86. The fourth-order valence-electron chi connectivity index (χ4n) is 3.57. The number of halogens is 1. The summed E-state index contributed by atoms with van der Waals surface area (Å²) in [6.45, 7) is 0.0436. The van der Waals surface area contributed by atoms with Crippen molar-refractivity contribution in [2.24, 2.45) is 5.10 Å². The normalized spacial score (nSPS) is 11.3. The van der Waals surface area contributed by atoms with Gasteiger partial charge in [0.1, 0.15) is 6.54 Å². The van der Waals surface area contributed by atoms with Crippen LogP contribution in [0, 0.1) is 0 Å². The molecule has 1 amide bonds. The Labute approximate surface area is 187 Å². The summed E-state index contributed by atoms with van der Waals surface area (Å²) < 4.78 is 2.79. The first kappa shape index (κ1) is 20.8. The number of rotatable bonds is 5. The van der Waals surface area contributed by atoms with Gasteiger partial charge in [0.2, 0.25) is 0 Å². The van der Waals surface area contributed by atoms with Crippen LogP contribution in [0.25, 0.3) is 21.8 Å². The van der Waals surface area contributed by atoms with Gasteiger partial charge in [-0.15, -0.1) is 0 Å². The Hall–Kier alpha value is -3.45. The molecule has 6 nitrogen and oxygen atoms in total. The Bertz CT molecular complexity index is 1320. The number of nitrogens with zero attached hydrogens (tertiary/aromatic N) is 3. The lowest BCUT2D eigenvalue weighted by Crippen LogP contribution is -2.25. The number of hydrazone groups is 1. The van der Waals surface area contributed by atoms with E-state index in [9.17, 15) is 9.59 Å². The quantitative estimate of drug-likeness (QED) is 0.267. The van der Waals surface area contributed by atoms with Crippen LogP contribution in [0.1, 0.15) is 5.56 Å². The molecule has 0 bridgehead atoms. The molecular weight excluding hydrogens is 456 g/mol. The second-order valence-electron chi connectivity index (χ2n) is 7.35. The minimum atomic E-state index is -0.279. The molecular formula is C24H21BrN4O2. The number of amides is 1. The van der Waals surface area contributed by atoms with Crippen molar-refractivity contribution >= 4 is 55.5 Å². The number of hydrogen-bond donors (Lipinski definition) is 1. The third-order valence-electron chi connectivity index (χ3n) is 5.04. The van der Waals surface area contributed by atoms with Crippen LogP contribution in [0.2, 0.25) is 0 Å². The number of hydrogen-bond acceptors (Lipinski definition) is 4. The molecule has 0 fully saturated rings. The van der Waals surface area contributed by atoms with E-state index in [1.165, 1.54) is 0 Å². The van der Waals surface area contributed by atoms with Crippen molar-refractivity contribution < 1.29 is 4.79 Å². The first-order valence-corrected chi connectivity index (χ1v) is 10.5. The van der Waals surface area contributed by atoms with Crippen LogP contribution < -0.4 is 15.8 Å². The van der Waals surface area contributed by atoms with Crippen LogP contribution in [0.15, 0.2) is 81.1 Å². The Balaban J connectivity index is 1.59. The van der Waals surface area contributed by atoms with Gasteiger partial charge >= 0.3 is 0 Å². The van der Waals surface area contributed by atoms with Gasteiger partial charge in [0.05, 0.1) is 22.9 Å². The van der Waals surface area contributed by atoms with Gasteiger partial charge in [-0.2, -0.15) is 5.10 Å². The molecule has 3 aromatic carbocycles. The van der Waals surface area contributed by atoms with Crippen molar-refractivity contribution in [2.75, 3.05) is 19.0 Å². The molecule has 4 aromatic rings. The van der Waals surface area contributed by atoms with Gasteiger partial charge in [-0.25, -0.2) is 5.43 Å². The van der Waals surface area contributed by atoms with E-state index < -0.39 is 0 Å². The van der Waals surface area contributed by atoms with Crippen LogP contribution in [-0.2, 0) is 11.3 Å². The van der Waals surface area contributed by atoms with E-state index in [-0.39, 0.29) is 17.9 Å². The SMILES string of the molecule is CN(C)c1ccc(/C=N/NC(=O)Cn2c3ccccc3c(=O)c3ccccc32)cc1Br. The topological polar surface area (TPSA) is 66.7 Å². The molecule has 0 saturated carbocycles. The molecule has 0 saturated heterocycles. The molecule has 7 heteroatoms. The van der Waals surface area contributed by atoms with Crippen LogP contribution in [0.4, 0.5) is 5.69 Å². The number of carbonyl (C=O) groups excluding carboxylic acids is 1. The molecule has 0 aliphatic heterocycles. The average molecular weight is 477 g/mol. The largest absolute Gasteiger partial charge is 0.377 e. The van der Waals surface area contributed by atoms with Gasteiger partial charge < -0.3 is 9.47 Å². The molecule has 0 aliphatic carbocycles. The highest BCUT2D eigenvalue weighted by molar-refractivity contribution is 9.10. The number of fused-ring (bicyclic) bond motifs is 2. The number of aromatic nitrogens is 1. The van der Waals surface area contributed by atoms with Gasteiger partial charge in [-0.1, -0.05) is 30.3 Å². The summed E-state index contributed by atoms with van der Waals surface area (Å²) in [6, 6.07) is 20.5. The third kappa shape index (κ3) is 4.22. The van der Waals surface area contributed by atoms with Gasteiger partial charge in [0.25, 0.3) is 5.91 Å². The van der Waals surface area contributed by atoms with Crippen LogP contribution in [0.3, 0.4) is 0 Å². The summed E-state index contributed by atoms with van der Waals surface area (Å²) in [7, 11) is 3.94. The lowest BCUT2D eigenvalue weighted by Gasteiger charge is -2.14. The highest BCUT2D eigenvalue weighted by Crippen LogP contribution is 2.25. The Morgan fingerprint density at radius 1 is 1.03 bits per heavy atom. The predicted octanol–water partition coefficient (Wildman–Crippen LogP) is 4.13. The molecule has 1 N–H and O–H groups in total. The van der Waals surface area contributed by atoms with Gasteiger partial charge in [0, 0.05) is 29.3 Å². The van der Waals surface area contributed by atoms with E-state index in [0.29, 0.717) is 21.8 Å². The highest BCUT2D eigenvalue weighted by Gasteiger charge is 2.12. The summed E-state index contributed by atoms with van der Waals surface area (Å²) in [4.78, 5) is 27.5. The van der Waals surface area contributed by atoms with E-state index >= 15 is 0 Å². The van der Waals surface area contributed by atoms with Crippen molar-refractivity contribution in [1.29, 1.82) is 0 Å². The summed E-state index contributed by atoms with van der Waals surface area (Å²) in [6.07, 6.45) is 1.60. The minimum Gasteiger partial charge on any atom is -0.377 e. The van der Waals surface area contributed by atoms with Crippen molar-refractivity contribution in [2.45, 2.75) is 6.54 Å². The maximum atomic E-state index is 12.8. The average Bonchev–Trinajstić information content (AvgIpc) is 2.76. The lowest BCUT2D eigenvalue weighted by atomic mass is 10.1. The maximum Gasteiger partial charge on any atom is 0.260 e. The van der Waals surface area contributed by atoms with Crippen molar-refractivity contribution in [1.82, 2.24) is 9.99 Å². The van der Waals surface area contributed by atoms with Gasteiger partial charge in [-0.3, -0.25) is 9.59 Å². The summed E-state index contributed by atoms with van der Waals surface area (Å²) in [5.74, 6) is -0.279. The number of nitrogens with one attached hydrogen (secondary N) is 1. The molecule has 156 valence electrons. The summed E-state index contributed by atoms with van der Waals surface area (Å²) in [5.41, 5.74) is 5.90. The lowest BCUT2D eigenvalue weighted by molar-refractivity contribution is -0.121. The zero-order chi connectivity index (χ0) is 22.0. The third-order valence-corrected chi connectivity index (χ3v) is 5.67. The van der Waals surface area contributed by atoms with Crippen LogP contribution in [-0.4, -0.2) is 30.8 Å². The number of carbonyl (C=O) groups is 1. The van der Waals surface area contributed by atoms with E-state index in [0.717, 1.165) is 15.7 Å². The van der Waals surface area contributed by atoms with Crippen LogP contribution in [0.5, 0.6) is 0 Å². The first-order valence-electron chi connectivity index (χ1n) is 9.75. The summed E-state index contributed by atoms with van der Waals surface area (Å²) >= 11 is 3.55. The molecule has 0 radical (unpaired) electrons. The molecule has 1 heterocycles. The predicted molar refractivity (Wildman–Crippen MR) is 130 cm³/mol. The number of para-hydroxylation sites is 2. The van der Waals surface area contributed by atoms with E-state index in [1.807, 2.05) is 78.2 Å². The maximum absolute atomic E-state index is 12.8. The monoisotopic (exact) mass is 476 g/mol. The van der Waals surface area contributed by atoms with E-state index in [1.54, 1.807) is 18.3 Å². The molecule has 0 atom stereocenters. The molecule has 4 rings (SSSR count). The van der Waals surface area contributed by atoms with Crippen molar-refractivity contribution in [3.8, 4) is 0 Å². The van der Waals surface area contributed by atoms with Gasteiger partial charge in [-0.05, 0) is 57.9 Å². The minimum absolute atomic E-state index is 0.0346. The van der Waals surface area contributed by atoms with Gasteiger partial charge in [0.15, 0.2) is 5.43 Å². The fourth-order valence-corrected chi connectivity index (χ4v) is 4.32. The molecule has 0 aliphatic rings. The number of benzene rings is 3. The Morgan fingerprint density at radius 3 is 2.23 bits per heavy atom. The van der Waals surface area contributed by atoms with E-state index in [2.05, 4.69) is 26.5 Å². The zero-order valence-electron chi connectivity index (χ0n) is 17.2. The summed E-state index contributed by atoms with van der Waals surface area (Å²) in [5, 5.41) is 5.27. The van der Waals surface area contributed by atoms with E-state index in [4.69, 9.17) is 0 Å². The smallest absolute Gasteiger partial charge is 0.260 e. The highest BCUT2D eigenvalue weighted by atomic mass is 79.9. The van der Waals surface area contributed by atoms with Crippen molar-refractivity contribution in [3.63, 3.8) is 0 Å². The molecule has 0 spiro atoms. The van der Waals surface area contributed by atoms with Crippen molar-refractivity contribution in [3.05, 3.63) is 87.0 Å². The number of pyridine rings is 1. The number of anilines is 1. The molecule has 0 unspecified atom stereocenters. The second-order valence-corrected chi connectivity index (χ2v) is 8.20. The molecule has 31 heavy (non-hydrogen) atoms. The van der Waals surface area contributed by atoms with Crippen LogP contribution >= 0.6 is 15.9 Å². The fraction of sp³-hybridized carbons (Fsp3) is 0.125. The molecule has 1 aromatic heterocycles. The first-order chi connectivity index (χ1) is 15.0. The standard InChI is InChI=1S/C24H21BrN4O2/c1-28(2)22-12-11-16(13-19(22)25)14-26-27-23(30)15-29-20-9-5-3-7-17(20)24(31)18-8-4-6-10-21(18)29/h3-14H,15H2,1-2H3,(H,27,30)/b26-14+.